The number of nitrogens with zero attached hydrogens (tertiary/aromatic N) is 3. The van der Waals surface area contributed by atoms with Crippen LogP contribution in [0.15, 0.2) is 126 Å². The van der Waals surface area contributed by atoms with Crippen LogP contribution in [-0.4, -0.2) is 15.0 Å². The number of benzene rings is 3. The molecule has 0 aliphatic carbocycles. The molecule has 5 heteroatoms. The zero-order valence-corrected chi connectivity index (χ0v) is 24.2. The molecule has 0 spiro atoms. The average molecular weight is 696 g/mol. The monoisotopic (exact) mass is 696 g/mol. The van der Waals surface area contributed by atoms with Crippen LogP contribution in [0.3, 0.4) is 0 Å². The molecule has 0 saturated heterocycles. The third kappa shape index (κ3) is 6.23. The second-order valence-corrected chi connectivity index (χ2v) is 9.25. The van der Waals surface area contributed by atoms with Gasteiger partial charge >= 0.3 is 0 Å². The summed E-state index contributed by atoms with van der Waals surface area (Å²) >= 11 is 0. The predicted octanol–water partition coefficient (Wildman–Crippen LogP) is 8.29. The predicted molar refractivity (Wildman–Crippen MR) is 156 cm³/mol. The Bertz CT molecular complexity index is 1800. The van der Waals surface area contributed by atoms with Crippen molar-refractivity contribution in [2.75, 3.05) is 0 Å². The topological polar surface area (TPSA) is 51.8 Å². The van der Waals surface area contributed by atoms with Gasteiger partial charge in [0.1, 0.15) is 0 Å². The molecule has 7 rings (SSSR count). The molecule has 4 nitrogen and oxygen atoms in total. The summed E-state index contributed by atoms with van der Waals surface area (Å²) in [4.78, 5) is 13.4. The summed E-state index contributed by atoms with van der Waals surface area (Å²) in [7, 11) is 0. The van der Waals surface area contributed by atoms with E-state index in [1.807, 2.05) is 79.0 Å². The SMILES string of the molecule is Cc1ccnc(-c2[c-]cc3oc4nc(Cc5ccccc5)ccc4c3c2)c1.[Ir].[c-]1ccccc1-c1ccccn1. The maximum atomic E-state index is 5.98. The quantitative estimate of drug-likeness (QED) is 0.174. The van der Waals surface area contributed by atoms with Crippen LogP contribution in [0.25, 0.3) is 44.6 Å². The van der Waals surface area contributed by atoms with E-state index in [0.717, 1.165) is 51.0 Å². The summed E-state index contributed by atoms with van der Waals surface area (Å²) in [5.41, 5.74) is 8.77. The van der Waals surface area contributed by atoms with E-state index in [1.54, 1.807) is 6.20 Å². The first-order valence-corrected chi connectivity index (χ1v) is 12.8. The third-order valence-corrected chi connectivity index (χ3v) is 6.40. The summed E-state index contributed by atoms with van der Waals surface area (Å²) in [6.45, 7) is 2.06. The van der Waals surface area contributed by atoms with Gasteiger partial charge in [-0.3, -0.25) is 0 Å². The summed E-state index contributed by atoms with van der Waals surface area (Å²) in [5, 5.41) is 2.06. The molecule has 0 aliphatic rings. The second-order valence-electron chi connectivity index (χ2n) is 9.25. The Balaban J connectivity index is 0.000000209. The Kier molecular flexibility index (Phi) is 8.55. The molecule has 0 atom stereocenters. The number of hydrogen-bond acceptors (Lipinski definition) is 4. The van der Waals surface area contributed by atoms with Crippen molar-refractivity contribution in [1.29, 1.82) is 0 Å². The molecule has 0 aliphatic heterocycles. The Morgan fingerprint density at radius 3 is 2.30 bits per heavy atom. The van der Waals surface area contributed by atoms with Crippen LogP contribution in [-0.2, 0) is 26.5 Å². The molecule has 4 aromatic heterocycles. The number of rotatable bonds is 4. The van der Waals surface area contributed by atoms with Crippen LogP contribution < -0.4 is 0 Å². The van der Waals surface area contributed by atoms with E-state index in [0.29, 0.717) is 5.71 Å². The number of hydrogen-bond donors (Lipinski definition) is 0. The van der Waals surface area contributed by atoms with Gasteiger partial charge < -0.3 is 14.4 Å². The summed E-state index contributed by atoms with van der Waals surface area (Å²) in [6, 6.07) is 42.6. The minimum atomic E-state index is 0. The molecule has 1 radical (unpaired) electrons. The number of aryl methyl sites for hydroxylation is 1. The Morgan fingerprint density at radius 1 is 0.700 bits per heavy atom. The second kappa shape index (κ2) is 12.6. The van der Waals surface area contributed by atoms with Crippen molar-refractivity contribution in [3.05, 3.63) is 151 Å². The first kappa shape index (κ1) is 27.1. The van der Waals surface area contributed by atoms with Crippen molar-refractivity contribution in [2.24, 2.45) is 0 Å². The third-order valence-electron chi connectivity index (χ3n) is 6.40. The smallest absolute Gasteiger partial charge is 0.216 e. The van der Waals surface area contributed by atoms with Gasteiger partial charge in [-0.25, -0.2) is 4.98 Å². The van der Waals surface area contributed by atoms with Gasteiger partial charge in [0.2, 0.25) is 5.71 Å². The molecule has 3 aromatic carbocycles. The van der Waals surface area contributed by atoms with Gasteiger partial charge in [0.15, 0.2) is 0 Å². The van der Waals surface area contributed by atoms with E-state index in [4.69, 9.17) is 9.40 Å². The molecular weight excluding hydrogens is 671 g/mol. The Labute approximate surface area is 247 Å². The van der Waals surface area contributed by atoms with Crippen LogP contribution in [0.1, 0.15) is 16.8 Å². The molecule has 0 amide bonds. The molecule has 4 heterocycles. The first-order valence-electron chi connectivity index (χ1n) is 12.8. The fourth-order valence-electron chi connectivity index (χ4n) is 4.45. The van der Waals surface area contributed by atoms with Gasteiger partial charge in [0.25, 0.3) is 0 Å². The van der Waals surface area contributed by atoms with Crippen LogP contribution in [0.5, 0.6) is 0 Å². The maximum absolute atomic E-state index is 5.98. The van der Waals surface area contributed by atoms with Crippen molar-refractivity contribution in [3.8, 4) is 22.5 Å². The molecule has 7 aromatic rings. The number of fused-ring (bicyclic) bond motifs is 3. The van der Waals surface area contributed by atoms with Gasteiger partial charge in [0, 0.05) is 50.0 Å². The van der Waals surface area contributed by atoms with E-state index in [2.05, 4.69) is 65.4 Å². The summed E-state index contributed by atoms with van der Waals surface area (Å²) in [6.07, 6.45) is 4.40. The molecule has 40 heavy (non-hydrogen) atoms. The minimum absolute atomic E-state index is 0. The van der Waals surface area contributed by atoms with Crippen molar-refractivity contribution in [2.45, 2.75) is 13.3 Å². The fraction of sp³-hybridized carbons (Fsp3) is 0.0571. The normalized spacial score (nSPS) is 10.5. The van der Waals surface area contributed by atoms with E-state index >= 15 is 0 Å². The molecule has 0 fully saturated rings. The van der Waals surface area contributed by atoms with E-state index in [1.165, 1.54) is 11.1 Å². The standard InChI is InChI=1S/C24H17N2O.C11H8N.Ir/c1-16-11-12-25-22(13-16)18-7-10-23-21(15-18)20-9-8-19(26-24(20)27-23)14-17-5-3-2-4-6-17;1-2-6-10(7-3-1)11-8-4-5-9-12-11;/h2-6,8-13,15H,14H2,1H3;1-6,8-9H;/q2*-1;. The van der Waals surface area contributed by atoms with Gasteiger partial charge in [0.05, 0.1) is 5.58 Å². The molecule has 0 saturated carbocycles. The number of aromatic nitrogens is 3. The van der Waals surface area contributed by atoms with Crippen molar-refractivity contribution in [3.63, 3.8) is 0 Å². The zero-order chi connectivity index (χ0) is 26.4. The van der Waals surface area contributed by atoms with E-state index in [9.17, 15) is 0 Å². The van der Waals surface area contributed by atoms with Crippen molar-refractivity contribution >= 4 is 22.1 Å². The van der Waals surface area contributed by atoms with Crippen LogP contribution >= 0.6 is 0 Å². The number of furan rings is 1. The fourth-order valence-corrected chi connectivity index (χ4v) is 4.45. The van der Waals surface area contributed by atoms with E-state index < -0.39 is 0 Å². The molecule has 197 valence electrons. The van der Waals surface area contributed by atoms with Gasteiger partial charge in [-0.15, -0.1) is 59.7 Å². The maximum Gasteiger partial charge on any atom is 0.216 e. The molecule has 0 bridgehead atoms. The molecule has 0 unspecified atom stereocenters. The zero-order valence-electron chi connectivity index (χ0n) is 21.8. The summed E-state index contributed by atoms with van der Waals surface area (Å²) in [5.74, 6) is 0. The van der Waals surface area contributed by atoms with Crippen molar-refractivity contribution in [1.82, 2.24) is 15.0 Å². The molecular formula is C35H25IrN3O-2. The van der Waals surface area contributed by atoms with Crippen LogP contribution in [0.4, 0.5) is 0 Å². The largest absolute Gasteiger partial charge is 0.486 e. The average Bonchev–Trinajstić information content (AvgIpc) is 3.36. The first-order chi connectivity index (χ1) is 19.2. The van der Waals surface area contributed by atoms with Gasteiger partial charge in [-0.2, -0.15) is 0 Å². The summed E-state index contributed by atoms with van der Waals surface area (Å²) < 4.78 is 5.98. The van der Waals surface area contributed by atoms with E-state index in [-0.39, 0.29) is 20.1 Å². The van der Waals surface area contributed by atoms with Crippen LogP contribution in [0.2, 0.25) is 0 Å². The minimum Gasteiger partial charge on any atom is -0.486 e. The Morgan fingerprint density at radius 2 is 1.52 bits per heavy atom. The number of pyridine rings is 3. The Hall–Kier alpha value is -4.44. The van der Waals surface area contributed by atoms with Gasteiger partial charge in [-0.1, -0.05) is 59.5 Å². The van der Waals surface area contributed by atoms with Gasteiger partial charge in [-0.05, 0) is 48.1 Å². The molecule has 0 N–H and O–H groups in total. The van der Waals surface area contributed by atoms with Crippen molar-refractivity contribution < 1.29 is 24.5 Å². The van der Waals surface area contributed by atoms with Crippen LogP contribution in [0, 0.1) is 19.1 Å².